The van der Waals surface area contributed by atoms with Crippen LogP contribution in [0.3, 0.4) is 0 Å². The molecule has 1 aliphatic rings. The predicted octanol–water partition coefficient (Wildman–Crippen LogP) is 3.15. The number of amides is 1. The maximum atomic E-state index is 12.6. The number of nitrogens with zero attached hydrogens (tertiary/aromatic N) is 1. The molecule has 1 atom stereocenters. The smallest absolute Gasteiger partial charge is 0.227 e. The van der Waals surface area contributed by atoms with Crippen LogP contribution >= 0.6 is 0 Å². The van der Waals surface area contributed by atoms with E-state index in [1.165, 1.54) is 11.1 Å². The fourth-order valence-electron chi connectivity index (χ4n) is 3.04. The van der Waals surface area contributed by atoms with Crippen LogP contribution in [0.5, 0.6) is 5.75 Å². The molecule has 24 heavy (non-hydrogen) atoms. The van der Waals surface area contributed by atoms with E-state index in [9.17, 15) is 4.79 Å². The molecule has 0 saturated carbocycles. The molecule has 126 valence electrons. The van der Waals surface area contributed by atoms with Crippen LogP contribution in [0.4, 0.5) is 0 Å². The fraction of sp³-hybridized carbons (Fsp3) is 0.350. The van der Waals surface area contributed by atoms with Gasteiger partial charge in [-0.1, -0.05) is 36.4 Å². The maximum Gasteiger partial charge on any atom is 0.227 e. The van der Waals surface area contributed by atoms with Crippen molar-refractivity contribution >= 4 is 5.91 Å². The summed E-state index contributed by atoms with van der Waals surface area (Å²) >= 11 is 0. The Morgan fingerprint density at radius 2 is 1.96 bits per heavy atom. The lowest BCUT2D eigenvalue weighted by Crippen LogP contribution is -2.43. The van der Waals surface area contributed by atoms with Crippen molar-refractivity contribution < 1.29 is 14.3 Å². The summed E-state index contributed by atoms with van der Waals surface area (Å²) in [6.45, 7) is 3.92. The van der Waals surface area contributed by atoms with E-state index < -0.39 is 0 Å². The predicted molar refractivity (Wildman–Crippen MR) is 93.2 cm³/mol. The normalized spacial score (nSPS) is 17.6. The molecule has 2 aromatic carbocycles. The molecule has 1 heterocycles. The van der Waals surface area contributed by atoms with Crippen molar-refractivity contribution in [2.45, 2.75) is 19.4 Å². The molecule has 0 aromatic heterocycles. The minimum Gasteiger partial charge on any atom is -0.497 e. The van der Waals surface area contributed by atoms with Crippen molar-refractivity contribution in [3.63, 3.8) is 0 Å². The summed E-state index contributed by atoms with van der Waals surface area (Å²) in [5.74, 6) is 0.944. The number of hydrogen-bond donors (Lipinski definition) is 0. The molecule has 0 spiro atoms. The molecule has 3 rings (SSSR count). The lowest BCUT2D eigenvalue weighted by Gasteiger charge is -2.34. The minimum atomic E-state index is -0.0419. The van der Waals surface area contributed by atoms with Gasteiger partial charge in [0.15, 0.2) is 0 Å². The zero-order valence-corrected chi connectivity index (χ0v) is 14.2. The highest BCUT2D eigenvalue weighted by Gasteiger charge is 2.26. The van der Waals surface area contributed by atoms with Gasteiger partial charge in [0.2, 0.25) is 5.91 Å². The van der Waals surface area contributed by atoms with Gasteiger partial charge in [-0.15, -0.1) is 0 Å². The van der Waals surface area contributed by atoms with Crippen LogP contribution in [0.15, 0.2) is 48.5 Å². The Balaban J connectivity index is 1.65. The first-order chi connectivity index (χ1) is 11.7. The second-order valence-corrected chi connectivity index (χ2v) is 6.08. The molecule has 1 fully saturated rings. The van der Waals surface area contributed by atoms with Crippen LogP contribution in [-0.2, 0) is 16.0 Å². The van der Waals surface area contributed by atoms with Gasteiger partial charge in [-0.05, 0) is 35.7 Å². The van der Waals surface area contributed by atoms with Crippen LogP contribution in [0.25, 0.3) is 0 Å². The monoisotopic (exact) mass is 325 g/mol. The fourth-order valence-corrected chi connectivity index (χ4v) is 3.04. The highest BCUT2D eigenvalue weighted by molar-refractivity contribution is 5.79. The van der Waals surface area contributed by atoms with Crippen molar-refractivity contribution in [3.8, 4) is 5.75 Å². The zero-order valence-electron chi connectivity index (χ0n) is 14.2. The van der Waals surface area contributed by atoms with Gasteiger partial charge in [-0.25, -0.2) is 0 Å². The number of methoxy groups -OCH3 is 1. The average Bonchev–Trinajstić information content (AvgIpc) is 2.63. The largest absolute Gasteiger partial charge is 0.497 e. The van der Waals surface area contributed by atoms with E-state index in [0.29, 0.717) is 26.1 Å². The van der Waals surface area contributed by atoms with Gasteiger partial charge < -0.3 is 14.4 Å². The quantitative estimate of drug-likeness (QED) is 0.867. The number of carbonyl (C=O) groups is 1. The van der Waals surface area contributed by atoms with Crippen LogP contribution in [-0.4, -0.2) is 37.6 Å². The van der Waals surface area contributed by atoms with Gasteiger partial charge in [0.1, 0.15) is 11.9 Å². The van der Waals surface area contributed by atoms with E-state index in [4.69, 9.17) is 9.47 Å². The molecule has 1 amide bonds. The molecule has 2 aromatic rings. The van der Waals surface area contributed by atoms with Gasteiger partial charge in [0, 0.05) is 6.54 Å². The number of morpholine rings is 1. The van der Waals surface area contributed by atoms with E-state index in [2.05, 4.69) is 19.1 Å². The van der Waals surface area contributed by atoms with Gasteiger partial charge >= 0.3 is 0 Å². The summed E-state index contributed by atoms with van der Waals surface area (Å²) in [6, 6.07) is 15.9. The lowest BCUT2D eigenvalue weighted by molar-refractivity contribution is -0.138. The third-order valence-corrected chi connectivity index (χ3v) is 4.47. The molecular weight excluding hydrogens is 302 g/mol. The molecular formula is C20H23NO3. The summed E-state index contributed by atoms with van der Waals surface area (Å²) in [4.78, 5) is 14.5. The first kappa shape index (κ1) is 16.5. The van der Waals surface area contributed by atoms with Crippen molar-refractivity contribution in [2.75, 3.05) is 26.8 Å². The summed E-state index contributed by atoms with van der Waals surface area (Å²) < 4.78 is 11.0. The highest BCUT2D eigenvalue weighted by Crippen LogP contribution is 2.25. The number of rotatable bonds is 4. The molecule has 0 radical (unpaired) electrons. The Labute approximate surface area is 143 Å². The number of aryl methyl sites for hydroxylation is 1. The van der Waals surface area contributed by atoms with Crippen LogP contribution in [0.1, 0.15) is 22.8 Å². The topological polar surface area (TPSA) is 38.8 Å². The van der Waals surface area contributed by atoms with Crippen molar-refractivity contribution in [2.24, 2.45) is 0 Å². The Hall–Kier alpha value is -2.33. The number of hydrogen-bond acceptors (Lipinski definition) is 3. The molecule has 0 N–H and O–H groups in total. The average molecular weight is 325 g/mol. The SMILES string of the molecule is COc1ccc(CC(=O)N2CCOC(c3ccccc3C)C2)cc1. The second-order valence-electron chi connectivity index (χ2n) is 6.08. The van der Waals surface area contributed by atoms with Crippen molar-refractivity contribution in [1.29, 1.82) is 0 Å². The maximum absolute atomic E-state index is 12.6. The van der Waals surface area contributed by atoms with Gasteiger partial charge in [0.25, 0.3) is 0 Å². The molecule has 1 saturated heterocycles. The summed E-state index contributed by atoms with van der Waals surface area (Å²) in [7, 11) is 1.64. The van der Waals surface area contributed by atoms with Crippen LogP contribution in [0.2, 0.25) is 0 Å². The third-order valence-electron chi connectivity index (χ3n) is 4.47. The molecule has 4 heteroatoms. The Bertz CT molecular complexity index is 696. The summed E-state index contributed by atoms with van der Waals surface area (Å²) in [5.41, 5.74) is 3.37. The number of benzene rings is 2. The van der Waals surface area contributed by atoms with E-state index in [0.717, 1.165) is 11.3 Å². The Morgan fingerprint density at radius 1 is 1.21 bits per heavy atom. The molecule has 0 aliphatic carbocycles. The summed E-state index contributed by atoms with van der Waals surface area (Å²) in [6.07, 6.45) is 0.365. The minimum absolute atomic E-state index is 0.0419. The van der Waals surface area contributed by atoms with E-state index >= 15 is 0 Å². The Kier molecular flexibility index (Phi) is 5.16. The second kappa shape index (κ2) is 7.49. The first-order valence-electron chi connectivity index (χ1n) is 8.25. The molecule has 0 bridgehead atoms. The molecule has 1 aliphatic heterocycles. The Morgan fingerprint density at radius 3 is 2.67 bits per heavy atom. The van der Waals surface area contributed by atoms with E-state index in [-0.39, 0.29) is 12.0 Å². The van der Waals surface area contributed by atoms with Gasteiger partial charge in [-0.3, -0.25) is 4.79 Å². The van der Waals surface area contributed by atoms with Crippen molar-refractivity contribution in [1.82, 2.24) is 4.90 Å². The van der Waals surface area contributed by atoms with Crippen molar-refractivity contribution in [3.05, 3.63) is 65.2 Å². The highest BCUT2D eigenvalue weighted by atomic mass is 16.5. The third kappa shape index (κ3) is 3.77. The number of carbonyl (C=O) groups excluding carboxylic acids is 1. The first-order valence-corrected chi connectivity index (χ1v) is 8.25. The molecule has 4 nitrogen and oxygen atoms in total. The summed E-state index contributed by atoms with van der Waals surface area (Å²) in [5, 5.41) is 0. The van der Waals surface area contributed by atoms with Gasteiger partial charge in [0.05, 0.1) is 26.7 Å². The van der Waals surface area contributed by atoms with E-state index in [1.807, 2.05) is 41.3 Å². The molecule has 1 unspecified atom stereocenters. The van der Waals surface area contributed by atoms with Crippen LogP contribution < -0.4 is 4.74 Å². The van der Waals surface area contributed by atoms with E-state index in [1.54, 1.807) is 7.11 Å². The van der Waals surface area contributed by atoms with Gasteiger partial charge in [-0.2, -0.15) is 0 Å². The number of ether oxygens (including phenoxy) is 2. The standard InChI is InChI=1S/C20H23NO3/c1-15-5-3-4-6-18(15)19-14-21(11-12-24-19)20(22)13-16-7-9-17(23-2)10-8-16/h3-10,19H,11-14H2,1-2H3. The zero-order chi connectivity index (χ0) is 16.9. The van der Waals surface area contributed by atoms with Crippen LogP contribution in [0, 0.1) is 6.92 Å². The lowest BCUT2D eigenvalue weighted by atomic mass is 10.0.